The average molecular weight is 327 g/mol. The zero-order valence-corrected chi connectivity index (χ0v) is 12.7. The van der Waals surface area contributed by atoms with E-state index < -0.39 is 12.0 Å². The standard InChI is InChI=1S/C18H17NO5/c20-11-14-9-12(1-7-16(14)22)2-8-18(24)19-10-17(23)13-3-5-15(21)6-4-13/h1-9,11,17,21-23H,10H2,(H,19,24)/b8-2+. The predicted molar refractivity (Wildman–Crippen MR) is 88.6 cm³/mol. The van der Waals surface area contributed by atoms with Crippen molar-refractivity contribution in [3.63, 3.8) is 0 Å². The number of benzene rings is 2. The summed E-state index contributed by atoms with van der Waals surface area (Å²) in [5.41, 5.74) is 1.30. The summed E-state index contributed by atoms with van der Waals surface area (Å²) < 4.78 is 0. The average Bonchev–Trinajstić information content (AvgIpc) is 2.59. The van der Waals surface area contributed by atoms with Crippen LogP contribution in [-0.4, -0.2) is 34.1 Å². The van der Waals surface area contributed by atoms with Crippen molar-refractivity contribution < 1.29 is 24.9 Å². The number of nitrogens with one attached hydrogen (secondary N) is 1. The maximum atomic E-state index is 11.8. The minimum absolute atomic E-state index is 0.0170. The van der Waals surface area contributed by atoms with Gasteiger partial charge in [0.1, 0.15) is 11.5 Å². The molecular formula is C18H17NO5. The van der Waals surface area contributed by atoms with Gasteiger partial charge < -0.3 is 20.6 Å². The minimum Gasteiger partial charge on any atom is -0.508 e. The summed E-state index contributed by atoms with van der Waals surface area (Å²) in [4.78, 5) is 22.5. The molecule has 24 heavy (non-hydrogen) atoms. The van der Waals surface area contributed by atoms with Crippen LogP contribution in [0.15, 0.2) is 48.5 Å². The summed E-state index contributed by atoms with van der Waals surface area (Å²) in [6.07, 6.45) is 2.40. The van der Waals surface area contributed by atoms with Crippen LogP contribution in [-0.2, 0) is 4.79 Å². The molecule has 0 saturated carbocycles. The number of hydrogen-bond acceptors (Lipinski definition) is 5. The molecule has 0 aliphatic carbocycles. The normalized spacial score (nSPS) is 12.0. The summed E-state index contributed by atoms with van der Waals surface area (Å²) in [5.74, 6) is -0.432. The third-order valence-electron chi connectivity index (χ3n) is 3.35. The molecule has 2 rings (SSSR count). The molecule has 0 heterocycles. The number of phenols is 2. The number of hydrogen-bond donors (Lipinski definition) is 4. The van der Waals surface area contributed by atoms with E-state index in [2.05, 4.69) is 5.32 Å². The quantitative estimate of drug-likeness (QED) is 0.478. The topological polar surface area (TPSA) is 107 Å². The largest absolute Gasteiger partial charge is 0.508 e. The van der Waals surface area contributed by atoms with Gasteiger partial charge in [-0.2, -0.15) is 0 Å². The summed E-state index contributed by atoms with van der Waals surface area (Å²) >= 11 is 0. The van der Waals surface area contributed by atoms with E-state index in [-0.39, 0.29) is 23.6 Å². The molecule has 0 aliphatic heterocycles. The van der Waals surface area contributed by atoms with E-state index in [0.717, 1.165) is 0 Å². The molecule has 0 aromatic heterocycles. The van der Waals surface area contributed by atoms with Crippen LogP contribution in [0, 0.1) is 0 Å². The molecule has 2 aromatic carbocycles. The van der Waals surface area contributed by atoms with Crippen LogP contribution in [0.25, 0.3) is 6.08 Å². The minimum atomic E-state index is -0.890. The van der Waals surface area contributed by atoms with Gasteiger partial charge in [0, 0.05) is 12.6 Å². The van der Waals surface area contributed by atoms with Gasteiger partial charge in [-0.3, -0.25) is 9.59 Å². The highest BCUT2D eigenvalue weighted by Gasteiger charge is 2.08. The Labute approximate surface area is 138 Å². The molecule has 0 saturated heterocycles. The van der Waals surface area contributed by atoms with Crippen molar-refractivity contribution in [3.8, 4) is 11.5 Å². The van der Waals surface area contributed by atoms with Gasteiger partial charge in [-0.25, -0.2) is 0 Å². The second-order valence-corrected chi connectivity index (χ2v) is 5.12. The summed E-state index contributed by atoms with van der Waals surface area (Å²) in [6, 6.07) is 10.4. The van der Waals surface area contributed by atoms with E-state index in [0.29, 0.717) is 17.4 Å². The number of aliphatic hydroxyl groups excluding tert-OH is 1. The lowest BCUT2D eigenvalue weighted by Gasteiger charge is -2.11. The number of phenolic OH excluding ortho intramolecular Hbond substituents is 2. The van der Waals surface area contributed by atoms with E-state index in [9.17, 15) is 24.9 Å². The van der Waals surface area contributed by atoms with Crippen LogP contribution in [0.3, 0.4) is 0 Å². The fraction of sp³-hybridized carbons (Fsp3) is 0.111. The number of aromatic hydroxyl groups is 2. The van der Waals surface area contributed by atoms with Crippen LogP contribution in [0.2, 0.25) is 0 Å². The number of aliphatic hydroxyl groups is 1. The first-order chi connectivity index (χ1) is 11.5. The number of rotatable bonds is 6. The number of aldehydes is 1. The van der Waals surface area contributed by atoms with Crippen LogP contribution in [0.4, 0.5) is 0 Å². The van der Waals surface area contributed by atoms with Crippen LogP contribution < -0.4 is 5.32 Å². The molecule has 1 unspecified atom stereocenters. The van der Waals surface area contributed by atoms with E-state index >= 15 is 0 Å². The molecule has 0 radical (unpaired) electrons. The maximum Gasteiger partial charge on any atom is 0.244 e. The molecule has 6 nitrogen and oxygen atoms in total. The zero-order chi connectivity index (χ0) is 17.5. The van der Waals surface area contributed by atoms with Crippen molar-refractivity contribution in [2.24, 2.45) is 0 Å². The van der Waals surface area contributed by atoms with Crippen LogP contribution in [0.5, 0.6) is 11.5 Å². The lowest BCUT2D eigenvalue weighted by atomic mass is 10.1. The molecule has 0 fully saturated rings. The highest BCUT2D eigenvalue weighted by molar-refractivity contribution is 5.92. The van der Waals surface area contributed by atoms with Gasteiger partial charge in [0.25, 0.3) is 0 Å². The van der Waals surface area contributed by atoms with Gasteiger partial charge in [-0.1, -0.05) is 18.2 Å². The molecule has 6 heteroatoms. The van der Waals surface area contributed by atoms with Gasteiger partial charge in [-0.15, -0.1) is 0 Å². The third kappa shape index (κ3) is 4.69. The Hall–Kier alpha value is -3.12. The Morgan fingerprint density at radius 3 is 2.50 bits per heavy atom. The van der Waals surface area contributed by atoms with E-state index in [1.807, 2.05) is 0 Å². The lowest BCUT2D eigenvalue weighted by molar-refractivity contribution is -0.116. The Morgan fingerprint density at radius 2 is 1.83 bits per heavy atom. The van der Waals surface area contributed by atoms with Crippen LogP contribution in [0.1, 0.15) is 27.6 Å². The molecule has 0 aliphatic rings. The second-order valence-electron chi connectivity index (χ2n) is 5.12. The van der Waals surface area contributed by atoms with Crippen molar-refractivity contribution in [2.45, 2.75) is 6.10 Å². The number of carbonyl (C=O) groups excluding carboxylic acids is 2. The lowest BCUT2D eigenvalue weighted by Crippen LogP contribution is -2.26. The molecule has 1 atom stereocenters. The van der Waals surface area contributed by atoms with E-state index in [1.54, 1.807) is 18.2 Å². The number of amides is 1. The fourth-order valence-electron chi connectivity index (χ4n) is 2.01. The van der Waals surface area contributed by atoms with E-state index in [1.165, 1.54) is 36.4 Å². The Morgan fingerprint density at radius 1 is 1.12 bits per heavy atom. The second kappa shape index (κ2) is 7.94. The summed E-state index contributed by atoms with van der Waals surface area (Å²) in [6.45, 7) is 0.0170. The predicted octanol–water partition coefficient (Wildman–Crippen LogP) is 1.77. The highest BCUT2D eigenvalue weighted by Crippen LogP contribution is 2.17. The Bertz CT molecular complexity index is 753. The molecule has 0 spiro atoms. The van der Waals surface area contributed by atoms with Gasteiger partial charge >= 0.3 is 0 Å². The molecular weight excluding hydrogens is 310 g/mol. The van der Waals surface area contributed by atoms with Crippen LogP contribution >= 0.6 is 0 Å². The van der Waals surface area contributed by atoms with Crippen molar-refractivity contribution in [3.05, 3.63) is 65.2 Å². The Balaban J connectivity index is 1.90. The van der Waals surface area contributed by atoms with Gasteiger partial charge in [0.15, 0.2) is 6.29 Å². The number of carbonyl (C=O) groups is 2. The first-order valence-corrected chi connectivity index (χ1v) is 7.20. The molecule has 4 N–H and O–H groups in total. The van der Waals surface area contributed by atoms with Gasteiger partial charge in [0.05, 0.1) is 11.7 Å². The fourth-order valence-corrected chi connectivity index (χ4v) is 2.01. The van der Waals surface area contributed by atoms with Crippen molar-refractivity contribution >= 4 is 18.3 Å². The SMILES string of the molecule is O=Cc1cc(/C=C/C(=O)NCC(O)c2ccc(O)cc2)ccc1O. The summed E-state index contributed by atoms with van der Waals surface area (Å²) in [7, 11) is 0. The summed E-state index contributed by atoms with van der Waals surface area (Å²) in [5, 5.41) is 31.1. The van der Waals surface area contributed by atoms with Crippen molar-refractivity contribution in [2.75, 3.05) is 6.54 Å². The first-order valence-electron chi connectivity index (χ1n) is 7.20. The Kier molecular flexibility index (Phi) is 5.70. The first kappa shape index (κ1) is 17.2. The molecule has 2 aromatic rings. The van der Waals surface area contributed by atoms with Gasteiger partial charge in [-0.05, 0) is 41.5 Å². The third-order valence-corrected chi connectivity index (χ3v) is 3.35. The molecule has 124 valence electrons. The van der Waals surface area contributed by atoms with Crippen molar-refractivity contribution in [1.29, 1.82) is 0 Å². The van der Waals surface area contributed by atoms with Gasteiger partial charge in [0.2, 0.25) is 5.91 Å². The smallest absolute Gasteiger partial charge is 0.244 e. The van der Waals surface area contributed by atoms with E-state index in [4.69, 9.17) is 0 Å². The highest BCUT2D eigenvalue weighted by atomic mass is 16.3. The monoisotopic (exact) mass is 327 g/mol. The molecule has 0 bridgehead atoms. The zero-order valence-electron chi connectivity index (χ0n) is 12.7. The molecule has 1 amide bonds. The van der Waals surface area contributed by atoms with Crippen molar-refractivity contribution in [1.82, 2.24) is 5.32 Å². The maximum absolute atomic E-state index is 11.8.